The molecule has 1 fully saturated rings. The van der Waals surface area contributed by atoms with E-state index in [1.54, 1.807) is 23.1 Å². The summed E-state index contributed by atoms with van der Waals surface area (Å²) in [6.07, 6.45) is 2.69. The molecule has 0 saturated carbocycles. The van der Waals surface area contributed by atoms with E-state index < -0.39 is 0 Å². The summed E-state index contributed by atoms with van der Waals surface area (Å²) in [6, 6.07) is 4.14. The SMILES string of the molecule is c1csc(Cn2nnnc2SC[C@@H]2CCCO2)c1. The van der Waals surface area contributed by atoms with Crippen LogP contribution in [-0.2, 0) is 11.3 Å². The summed E-state index contributed by atoms with van der Waals surface area (Å²) in [5, 5.41) is 14.8. The van der Waals surface area contributed by atoms with Gasteiger partial charge in [0.1, 0.15) is 0 Å². The lowest BCUT2D eigenvalue weighted by molar-refractivity contribution is 0.129. The number of thiophene rings is 1. The second-order valence-electron chi connectivity index (χ2n) is 4.14. The van der Waals surface area contributed by atoms with Crippen LogP contribution >= 0.6 is 23.1 Å². The minimum atomic E-state index is 0.363. The molecule has 1 atom stereocenters. The summed E-state index contributed by atoms with van der Waals surface area (Å²) in [6.45, 7) is 1.64. The normalized spacial score (nSPS) is 19.4. The van der Waals surface area contributed by atoms with Crippen molar-refractivity contribution in [2.45, 2.75) is 30.6 Å². The molecule has 96 valence electrons. The van der Waals surface area contributed by atoms with E-state index >= 15 is 0 Å². The Balaban J connectivity index is 1.60. The van der Waals surface area contributed by atoms with Crippen LogP contribution in [0, 0.1) is 0 Å². The number of ether oxygens (including phenoxy) is 1. The van der Waals surface area contributed by atoms with Crippen molar-refractivity contribution in [1.82, 2.24) is 20.2 Å². The molecular weight excluding hydrogens is 268 g/mol. The van der Waals surface area contributed by atoms with E-state index in [-0.39, 0.29) is 0 Å². The molecule has 1 aliphatic rings. The highest BCUT2D eigenvalue weighted by atomic mass is 32.2. The molecule has 7 heteroatoms. The van der Waals surface area contributed by atoms with Gasteiger partial charge in [0.2, 0.25) is 5.16 Å². The molecule has 1 aliphatic heterocycles. The minimum absolute atomic E-state index is 0.363. The fourth-order valence-electron chi connectivity index (χ4n) is 1.89. The van der Waals surface area contributed by atoms with Gasteiger partial charge in [-0.1, -0.05) is 17.8 Å². The van der Waals surface area contributed by atoms with Gasteiger partial charge in [0.25, 0.3) is 0 Å². The highest BCUT2D eigenvalue weighted by Gasteiger charge is 2.17. The Labute approximate surface area is 114 Å². The fourth-order valence-corrected chi connectivity index (χ4v) is 3.52. The number of rotatable bonds is 5. The van der Waals surface area contributed by atoms with E-state index in [1.165, 1.54) is 11.3 Å². The molecule has 0 aliphatic carbocycles. The van der Waals surface area contributed by atoms with Crippen LogP contribution in [0.5, 0.6) is 0 Å². The van der Waals surface area contributed by atoms with Crippen LogP contribution in [0.2, 0.25) is 0 Å². The molecule has 2 aromatic heterocycles. The topological polar surface area (TPSA) is 52.8 Å². The Morgan fingerprint density at radius 3 is 3.33 bits per heavy atom. The molecule has 3 heterocycles. The summed E-state index contributed by atoms with van der Waals surface area (Å²) in [4.78, 5) is 1.27. The largest absolute Gasteiger partial charge is 0.377 e. The van der Waals surface area contributed by atoms with Gasteiger partial charge in [0.05, 0.1) is 12.6 Å². The maximum absolute atomic E-state index is 5.60. The first-order valence-corrected chi connectivity index (χ1v) is 7.81. The number of nitrogens with zero attached hydrogens (tertiary/aromatic N) is 4. The molecule has 0 radical (unpaired) electrons. The summed E-state index contributed by atoms with van der Waals surface area (Å²) < 4.78 is 7.45. The van der Waals surface area contributed by atoms with Crippen molar-refractivity contribution in [3.8, 4) is 0 Å². The summed E-state index contributed by atoms with van der Waals surface area (Å²) >= 11 is 3.40. The summed E-state index contributed by atoms with van der Waals surface area (Å²) in [5.41, 5.74) is 0. The average Bonchev–Trinajstić information content (AvgIpc) is 3.10. The van der Waals surface area contributed by atoms with Crippen LogP contribution in [0.25, 0.3) is 0 Å². The smallest absolute Gasteiger partial charge is 0.209 e. The second kappa shape index (κ2) is 5.81. The molecule has 18 heavy (non-hydrogen) atoms. The summed E-state index contributed by atoms with van der Waals surface area (Å²) in [7, 11) is 0. The maximum atomic E-state index is 5.60. The standard InChI is InChI=1S/C11H14N4OS2/c1-3-9(16-5-1)8-18-11-12-13-14-15(11)7-10-4-2-6-17-10/h2,4,6,9H,1,3,5,7-8H2/t9-/m0/s1. The quantitative estimate of drug-likeness (QED) is 0.786. The molecule has 2 aromatic rings. The van der Waals surface area contributed by atoms with E-state index in [1.807, 2.05) is 10.7 Å². The Bertz CT molecular complexity index is 479. The molecule has 0 unspecified atom stereocenters. The minimum Gasteiger partial charge on any atom is -0.377 e. The molecule has 0 aromatic carbocycles. The molecule has 0 N–H and O–H groups in total. The fraction of sp³-hybridized carbons (Fsp3) is 0.545. The number of aromatic nitrogens is 4. The van der Waals surface area contributed by atoms with Gasteiger partial charge in [0.15, 0.2) is 0 Å². The third kappa shape index (κ3) is 2.90. The van der Waals surface area contributed by atoms with Crippen molar-refractivity contribution in [3.63, 3.8) is 0 Å². The number of hydrogen-bond donors (Lipinski definition) is 0. The summed E-state index contributed by atoms with van der Waals surface area (Å²) in [5.74, 6) is 0.935. The lowest BCUT2D eigenvalue weighted by Crippen LogP contribution is -2.09. The van der Waals surface area contributed by atoms with Crippen molar-refractivity contribution in [2.24, 2.45) is 0 Å². The van der Waals surface area contributed by atoms with Gasteiger partial charge in [-0.25, -0.2) is 4.68 Å². The van der Waals surface area contributed by atoms with Crippen molar-refractivity contribution >= 4 is 23.1 Å². The Hall–Kier alpha value is -0.920. The first-order chi connectivity index (χ1) is 8.92. The zero-order valence-corrected chi connectivity index (χ0v) is 11.5. The highest BCUT2D eigenvalue weighted by molar-refractivity contribution is 7.99. The zero-order valence-electron chi connectivity index (χ0n) is 9.86. The van der Waals surface area contributed by atoms with Crippen LogP contribution < -0.4 is 0 Å². The molecule has 0 spiro atoms. The predicted molar refractivity (Wildman–Crippen MR) is 70.9 cm³/mol. The van der Waals surface area contributed by atoms with Crippen LogP contribution in [0.15, 0.2) is 22.7 Å². The molecule has 1 saturated heterocycles. The zero-order chi connectivity index (χ0) is 12.2. The van der Waals surface area contributed by atoms with E-state index in [0.29, 0.717) is 6.10 Å². The Morgan fingerprint density at radius 1 is 1.56 bits per heavy atom. The van der Waals surface area contributed by atoms with Crippen LogP contribution in [0.1, 0.15) is 17.7 Å². The van der Waals surface area contributed by atoms with Gasteiger partial charge in [-0.2, -0.15) is 0 Å². The second-order valence-corrected chi connectivity index (χ2v) is 6.16. The van der Waals surface area contributed by atoms with Gasteiger partial charge in [-0.15, -0.1) is 16.4 Å². The lowest BCUT2D eigenvalue weighted by Gasteiger charge is -2.07. The van der Waals surface area contributed by atoms with Crippen molar-refractivity contribution in [1.29, 1.82) is 0 Å². The van der Waals surface area contributed by atoms with Gasteiger partial charge < -0.3 is 4.74 Å². The van der Waals surface area contributed by atoms with E-state index in [4.69, 9.17) is 4.74 Å². The lowest BCUT2D eigenvalue weighted by atomic mass is 10.3. The van der Waals surface area contributed by atoms with Gasteiger partial charge in [-0.05, 0) is 34.7 Å². The first kappa shape index (κ1) is 12.1. The Morgan fingerprint density at radius 2 is 2.56 bits per heavy atom. The first-order valence-electron chi connectivity index (χ1n) is 5.95. The molecular formula is C11H14N4OS2. The number of thioether (sulfide) groups is 1. The highest BCUT2D eigenvalue weighted by Crippen LogP contribution is 2.22. The van der Waals surface area contributed by atoms with E-state index in [2.05, 4.69) is 27.0 Å². The van der Waals surface area contributed by atoms with Crippen LogP contribution in [0.4, 0.5) is 0 Å². The number of hydrogen-bond acceptors (Lipinski definition) is 6. The van der Waals surface area contributed by atoms with Gasteiger partial charge in [0, 0.05) is 17.2 Å². The molecule has 0 amide bonds. The van der Waals surface area contributed by atoms with E-state index in [0.717, 1.165) is 30.5 Å². The van der Waals surface area contributed by atoms with Gasteiger partial charge >= 0.3 is 0 Å². The molecule has 3 rings (SSSR count). The Kier molecular flexibility index (Phi) is 3.92. The number of tetrazole rings is 1. The van der Waals surface area contributed by atoms with E-state index in [9.17, 15) is 0 Å². The predicted octanol–water partition coefficient (Wildman–Crippen LogP) is 2.05. The average molecular weight is 282 g/mol. The van der Waals surface area contributed by atoms with Crippen molar-refractivity contribution in [3.05, 3.63) is 22.4 Å². The monoisotopic (exact) mass is 282 g/mol. The van der Waals surface area contributed by atoms with Gasteiger partial charge in [-0.3, -0.25) is 0 Å². The van der Waals surface area contributed by atoms with Crippen LogP contribution in [-0.4, -0.2) is 38.7 Å². The van der Waals surface area contributed by atoms with Crippen molar-refractivity contribution in [2.75, 3.05) is 12.4 Å². The molecule has 5 nitrogen and oxygen atoms in total. The van der Waals surface area contributed by atoms with Crippen LogP contribution in [0.3, 0.4) is 0 Å². The maximum Gasteiger partial charge on any atom is 0.209 e. The third-order valence-electron chi connectivity index (χ3n) is 2.81. The third-order valence-corrected chi connectivity index (χ3v) is 4.76. The molecule has 0 bridgehead atoms. The van der Waals surface area contributed by atoms with Crippen molar-refractivity contribution < 1.29 is 4.74 Å².